The van der Waals surface area contributed by atoms with Crippen molar-refractivity contribution >= 4 is 17.4 Å². The number of pyridine rings is 1. The molecule has 0 aliphatic carbocycles. The minimum atomic E-state index is -4.47. The first-order valence-electron chi connectivity index (χ1n) is 10.5. The summed E-state index contributed by atoms with van der Waals surface area (Å²) in [6.07, 6.45) is -1.20. The molecular formula is C21H23F3N6O2. The van der Waals surface area contributed by atoms with Gasteiger partial charge in [-0.1, -0.05) is 6.07 Å². The average molecular weight is 448 g/mol. The molecule has 8 nitrogen and oxygen atoms in total. The molecule has 32 heavy (non-hydrogen) atoms. The molecule has 0 saturated carbocycles. The van der Waals surface area contributed by atoms with Crippen LogP contribution >= 0.6 is 0 Å². The van der Waals surface area contributed by atoms with Crippen LogP contribution in [0.4, 0.5) is 24.9 Å². The molecule has 0 bridgehead atoms. The molecule has 2 aliphatic rings. The second-order valence-corrected chi connectivity index (χ2v) is 8.19. The van der Waals surface area contributed by atoms with E-state index in [1.165, 1.54) is 15.5 Å². The molecule has 0 radical (unpaired) electrons. The molecule has 170 valence electrons. The summed E-state index contributed by atoms with van der Waals surface area (Å²) in [7, 11) is 0. The number of fused-ring (bicyclic) bond motifs is 2. The van der Waals surface area contributed by atoms with E-state index in [0.29, 0.717) is 36.9 Å². The predicted molar refractivity (Wildman–Crippen MR) is 112 cm³/mol. The summed E-state index contributed by atoms with van der Waals surface area (Å²) >= 11 is 0. The third-order valence-electron chi connectivity index (χ3n) is 6.02. The topological polar surface area (TPSA) is 67.9 Å². The number of ether oxygens (including phenoxy) is 1. The third-order valence-corrected chi connectivity index (χ3v) is 6.02. The predicted octanol–water partition coefficient (Wildman–Crippen LogP) is 2.46. The summed E-state index contributed by atoms with van der Waals surface area (Å²) in [6, 6.07) is 5.05. The average Bonchev–Trinajstić information content (AvgIpc) is 3.16. The van der Waals surface area contributed by atoms with E-state index in [2.05, 4.69) is 9.97 Å². The highest BCUT2D eigenvalue weighted by molar-refractivity contribution is 5.48. The molecule has 2 atom stereocenters. The molecule has 11 heteroatoms. The molecule has 0 spiro atoms. The van der Waals surface area contributed by atoms with Crippen molar-refractivity contribution in [1.82, 2.24) is 18.9 Å². The Balaban J connectivity index is 1.58. The van der Waals surface area contributed by atoms with Gasteiger partial charge >= 0.3 is 6.18 Å². The molecule has 0 unspecified atom stereocenters. The Morgan fingerprint density at radius 1 is 1.22 bits per heavy atom. The van der Waals surface area contributed by atoms with Gasteiger partial charge in [-0.15, -0.1) is 0 Å². The Labute approximate surface area is 181 Å². The summed E-state index contributed by atoms with van der Waals surface area (Å²) in [4.78, 5) is 25.0. The normalized spacial score (nSPS) is 21.8. The first-order valence-corrected chi connectivity index (χ1v) is 10.5. The number of imidazole rings is 1. The Hall–Kier alpha value is -3.08. The van der Waals surface area contributed by atoms with E-state index in [1.54, 1.807) is 22.9 Å². The summed E-state index contributed by atoms with van der Waals surface area (Å²) in [5.41, 5.74) is 0.756. The maximum atomic E-state index is 14.0. The number of morpholine rings is 1. The van der Waals surface area contributed by atoms with E-state index in [0.717, 1.165) is 0 Å². The lowest BCUT2D eigenvalue weighted by Crippen LogP contribution is -2.52. The molecule has 3 aromatic rings. The van der Waals surface area contributed by atoms with Crippen molar-refractivity contribution in [2.24, 2.45) is 0 Å². The van der Waals surface area contributed by atoms with Crippen LogP contribution in [0, 0.1) is 0 Å². The van der Waals surface area contributed by atoms with Gasteiger partial charge in [0, 0.05) is 31.5 Å². The maximum absolute atomic E-state index is 14.0. The number of hydrogen-bond acceptors (Lipinski definition) is 6. The first-order chi connectivity index (χ1) is 15.3. The zero-order valence-electron chi connectivity index (χ0n) is 17.5. The van der Waals surface area contributed by atoms with Gasteiger partial charge in [-0.3, -0.25) is 9.36 Å². The quantitative estimate of drug-likeness (QED) is 0.613. The van der Waals surface area contributed by atoms with Crippen molar-refractivity contribution in [2.75, 3.05) is 29.6 Å². The van der Waals surface area contributed by atoms with Crippen LogP contribution in [0.25, 0.3) is 5.65 Å². The van der Waals surface area contributed by atoms with Crippen molar-refractivity contribution in [3.8, 4) is 0 Å². The maximum Gasteiger partial charge on any atom is 0.408 e. The lowest BCUT2D eigenvalue weighted by Gasteiger charge is -2.40. The number of anilines is 2. The molecule has 3 aromatic heterocycles. The molecule has 5 heterocycles. The standard InChI is InChI=1S/C21H23F3N6O2/c1-14-13-32-9-8-28(14)18-10-19(31)29-7-5-16(21(22,23)24)30(20(29)26-18)12-15-11-27-6-3-2-4-17(27)25-15/h2-4,6,10-11,14,16H,5,7-9,12-13H2,1H3/t14-,16+/m1/s1. The number of nitrogens with zero attached hydrogens (tertiary/aromatic N) is 6. The van der Waals surface area contributed by atoms with Gasteiger partial charge in [0.05, 0.1) is 31.5 Å². The lowest BCUT2D eigenvalue weighted by atomic mass is 10.1. The minimum Gasteiger partial charge on any atom is -0.377 e. The molecule has 0 amide bonds. The van der Waals surface area contributed by atoms with E-state index >= 15 is 0 Å². The zero-order chi connectivity index (χ0) is 22.5. The van der Waals surface area contributed by atoms with Gasteiger partial charge in [-0.05, 0) is 25.5 Å². The molecule has 1 saturated heterocycles. The highest BCUT2D eigenvalue weighted by Crippen LogP contribution is 2.35. The third kappa shape index (κ3) is 3.70. The van der Waals surface area contributed by atoms with Crippen molar-refractivity contribution in [2.45, 2.75) is 44.7 Å². The highest BCUT2D eigenvalue weighted by Gasteiger charge is 2.47. The summed E-state index contributed by atoms with van der Waals surface area (Å²) in [5, 5.41) is 0. The van der Waals surface area contributed by atoms with E-state index in [4.69, 9.17) is 4.74 Å². The Kier molecular flexibility index (Phi) is 5.07. The van der Waals surface area contributed by atoms with Crippen molar-refractivity contribution in [3.05, 3.63) is 52.7 Å². The highest BCUT2D eigenvalue weighted by atomic mass is 19.4. The number of rotatable bonds is 3. The van der Waals surface area contributed by atoms with Crippen LogP contribution in [-0.4, -0.2) is 57.0 Å². The summed E-state index contributed by atoms with van der Waals surface area (Å²) in [6.45, 7) is 3.25. The van der Waals surface area contributed by atoms with Crippen molar-refractivity contribution in [3.63, 3.8) is 0 Å². The van der Waals surface area contributed by atoms with E-state index < -0.39 is 12.2 Å². The lowest BCUT2D eigenvalue weighted by molar-refractivity contribution is -0.153. The SMILES string of the molecule is C[C@@H]1COCCN1c1cc(=O)n2c(n1)N(Cc1cn3ccccc3n1)[C@H](C(F)(F)F)CC2. The number of alkyl halides is 3. The monoisotopic (exact) mass is 448 g/mol. The second kappa shape index (κ2) is 7.80. The van der Waals surface area contributed by atoms with Crippen LogP contribution in [-0.2, 0) is 17.8 Å². The Morgan fingerprint density at radius 2 is 2.06 bits per heavy atom. The van der Waals surface area contributed by atoms with Gasteiger partial charge < -0.3 is 18.9 Å². The molecular weight excluding hydrogens is 425 g/mol. The minimum absolute atomic E-state index is 0.0248. The van der Waals surface area contributed by atoms with Gasteiger partial charge in [0.1, 0.15) is 17.5 Å². The van der Waals surface area contributed by atoms with Crippen LogP contribution in [0.15, 0.2) is 41.5 Å². The van der Waals surface area contributed by atoms with Gasteiger partial charge in [0.25, 0.3) is 5.56 Å². The number of hydrogen-bond donors (Lipinski definition) is 0. The zero-order valence-corrected chi connectivity index (χ0v) is 17.5. The largest absolute Gasteiger partial charge is 0.408 e. The fourth-order valence-corrected chi connectivity index (χ4v) is 4.43. The van der Waals surface area contributed by atoms with E-state index in [1.807, 2.05) is 24.0 Å². The van der Waals surface area contributed by atoms with Crippen LogP contribution in [0.2, 0.25) is 0 Å². The van der Waals surface area contributed by atoms with E-state index in [9.17, 15) is 18.0 Å². The van der Waals surface area contributed by atoms with Gasteiger partial charge in [0.2, 0.25) is 5.95 Å². The van der Waals surface area contributed by atoms with E-state index in [-0.39, 0.29) is 37.1 Å². The molecule has 0 N–H and O–H groups in total. The molecule has 0 aromatic carbocycles. The summed E-state index contributed by atoms with van der Waals surface area (Å²) in [5.74, 6) is 0.400. The summed E-state index contributed by atoms with van der Waals surface area (Å²) < 4.78 is 50.5. The Bertz CT molecular complexity index is 1160. The van der Waals surface area contributed by atoms with Crippen LogP contribution < -0.4 is 15.4 Å². The second-order valence-electron chi connectivity index (χ2n) is 8.19. The fourth-order valence-electron chi connectivity index (χ4n) is 4.43. The smallest absolute Gasteiger partial charge is 0.377 e. The first kappa shape index (κ1) is 20.8. The Morgan fingerprint density at radius 3 is 2.81 bits per heavy atom. The molecule has 5 rings (SSSR count). The van der Waals surface area contributed by atoms with Crippen LogP contribution in [0.5, 0.6) is 0 Å². The van der Waals surface area contributed by atoms with Gasteiger partial charge in [-0.2, -0.15) is 18.2 Å². The van der Waals surface area contributed by atoms with Crippen molar-refractivity contribution in [1.29, 1.82) is 0 Å². The van der Waals surface area contributed by atoms with Crippen LogP contribution in [0.1, 0.15) is 19.0 Å². The molecule has 2 aliphatic heterocycles. The van der Waals surface area contributed by atoms with Gasteiger partial charge in [-0.25, -0.2) is 4.98 Å². The fraction of sp³-hybridized carbons (Fsp3) is 0.476. The van der Waals surface area contributed by atoms with Gasteiger partial charge in [0.15, 0.2) is 0 Å². The van der Waals surface area contributed by atoms with Crippen molar-refractivity contribution < 1.29 is 17.9 Å². The molecule has 1 fully saturated rings. The number of halogens is 3. The van der Waals surface area contributed by atoms with Crippen LogP contribution in [0.3, 0.4) is 0 Å². The number of aromatic nitrogens is 4.